The Labute approximate surface area is 104 Å². The van der Waals surface area contributed by atoms with E-state index < -0.39 is 0 Å². The predicted molar refractivity (Wildman–Crippen MR) is 71.3 cm³/mol. The molecule has 1 aromatic carbocycles. The van der Waals surface area contributed by atoms with E-state index in [0.717, 1.165) is 19.6 Å². The Hall–Kier alpha value is -0.860. The molecule has 1 N–H and O–H groups in total. The van der Waals surface area contributed by atoms with E-state index in [-0.39, 0.29) is 0 Å². The van der Waals surface area contributed by atoms with Crippen LogP contribution in [0.3, 0.4) is 0 Å². The van der Waals surface area contributed by atoms with Crippen LogP contribution in [0.15, 0.2) is 24.3 Å². The van der Waals surface area contributed by atoms with E-state index in [1.165, 1.54) is 24.0 Å². The molecule has 0 spiro atoms. The lowest BCUT2D eigenvalue weighted by atomic mass is 9.89. The maximum atomic E-state index is 5.58. The summed E-state index contributed by atoms with van der Waals surface area (Å²) in [4.78, 5) is 0. The summed E-state index contributed by atoms with van der Waals surface area (Å²) in [6.07, 6.45) is 3.60. The summed E-state index contributed by atoms with van der Waals surface area (Å²) in [6.45, 7) is 3.99. The standard InChI is InChI=1S/C15H23NO/c1-12-5-7-13(8-6-12)10-15(16-2)14-4-3-9-17-11-14/h5-8,14-16H,3-4,9-11H2,1-2H3. The molecular formula is C15H23NO. The third-order valence-corrected chi connectivity index (χ3v) is 3.71. The van der Waals surface area contributed by atoms with E-state index in [1.807, 2.05) is 0 Å². The number of aryl methyl sites for hydroxylation is 1. The minimum absolute atomic E-state index is 0.540. The van der Waals surface area contributed by atoms with E-state index in [1.54, 1.807) is 0 Å². The number of hydrogen-bond acceptors (Lipinski definition) is 2. The van der Waals surface area contributed by atoms with Crippen molar-refractivity contribution < 1.29 is 4.74 Å². The summed E-state index contributed by atoms with van der Waals surface area (Å²) in [5, 5.41) is 3.45. The van der Waals surface area contributed by atoms with Crippen LogP contribution in [0.25, 0.3) is 0 Å². The van der Waals surface area contributed by atoms with Gasteiger partial charge in [0.15, 0.2) is 0 Å². The van der Waals surface area contributed by atoms with E-state index in [2.05, 4.69) is 43.6 Å². The second-order valence-electron chi connectivity index (χ2n) is 5.06. The summed E-state index contributed by atoms with van der Waals surface area (Å²) >= 11 is 0. The van der Waals surface area contributed by atoms with Crippen LogP contribution in [0.2, 0.25) is 0 Å². The molecule has 2 heteroatoms. The first kappa shape index (κ1) is 12.6. The quantitative estimate of drug-likeness (QED) is 0.863. The Morgan fingerprint density at radius 2 is 2.12 bits per heavy atom. The zero-order valence-corrected chi connectivity index (χ0v) is 10.9. The van der Waals surface area contributed by atoms with Gasteiger partial charge in [-0.2, -0.15) is 0 Å². The van der Waals surface area contributed by atoms with Crippen LogP contribution in [0.1, 0.15) is 24.0 Å². The van der Waals surface area contributed by atoms with Gasteiger partial charge in [-0.1, -0.05) is 29.8 Å². The molecule has 0 amide bonds. The highest BCUT2D eigenvalue weighted by molar-refractivity contribution is 5.22. The third kappa shape index (κ3) is 3.55. The highest BCUT2D eigenvalue weighted by Crippen LogP contribution is 2.20. The molecule has 2 atom stereocenters. The molecule has 2 unspecified atom stereocenters. The molecule has 1 aliphatic rings. The Bertz CT molecular complexity index is 327. The Morgan fingerprint density at radius 3 is 2.71 bits per heavy atom. The van der Waals surface area contributed by atoms with Gasteiger partial charge in [0.05, 0.1) is 6.61 Å². The fraction of sp³-hybridized carbons (Fsp3) is 0.600. The molecule has 0 bridgehead atoms. The van der Waals surface area contributed by atoms with Gasteiger partial charge in [-0.15, -0.1) is 0 Å². The number of nitrogens with one attached hydrogen (secondary N) is 1. The fourth-order valence-electron chi connectivity index (χ4n) is 2.57. The van der Waals surface area contributed by atoms with Crippen LogP contribution in [-0.4, -0.2) is 26.3 Å². The molecular weight excluding hydrogens is 210 g/mol. The zero-order valence-electron chi connectivity index (χ0n) is 10.9. The van der Waals surface area contributed by atoms with Crippen LogP contribution >= 0.6 is 0 Å². The van der Waals surface area contributed by atoms with Gasteiger partial charge in [0.2, 0.25) is 0 Å². The maximum Gasteiger partial charge on any atom is 0.0509 e. The van der Waals surface area contributed by atoms with Crippen molar-refractivity contribution in [2.75, 3.05) is 20.3 Å². The van der Waals surface area contributed by atoms with Crippen LogP contribution < -0.4 is 5.32 Å². The number of rotatable bonds is 4. The van der Waals surface area contributed by atoms with Crippen LogP contribution in [-0.2, 0) is 11.2 Å². The number of hydrogen-bond donors (Lipinski definition) is 1. The molecule has 0 radical (unpaired) electrons. The summed E-state index contributed by atoms with van der Waals surface area (Å²) in [6, 6.07) is 9.41. The smallest absolute Gasteiger partial charge is 0.0509 e. The lowest BCUT2D eigenvalue weighted by Crippen LogP contribution is -2.39. The SMILES string of the molecule is CNC(Cc1ccc(C)cc1)C1CCCOC1. The summed E-state index contributed by atoms with van der Waals surface area (Å²) in [7, 11) is 2.06. The predicted octanol–water partition coefficient (Wildman–Crippen LogP) is 2.55. The van der Waals surface area contributed by atoms with Crippen molar-refractivity contribution >= 4 is 0 Å². The molecule has 17 heavy (non-hydrogen) atoms. The normalized spacial score (nSPS) is 22.4. The molecule has 0 aliphatic carbocycles. The van der Waals surface area contributed by atoms with Gasteiger partial charge in [-0.3, -0.25) is 0 Å². The minimum Gasteiger partial charge on any atom is -0.381 e. The van der Waals surface area contributed by atoms with E-state index in [4.69, 9.17) is 4.74 Å². The van der Waals surface area contributed by atoms with Gasteiger partial charge >= 0.3 is 0 Å². The highest BCUT2D eigenvalue weighted by atomic mass is 16.5. The third-order valence-electron chi connectivity index (χ3n) is 3.71. The fourth-order valence-corrected chi connectivity index (χ4v) is 2.57. The summed E-state index contributed by atoms with van der Waals surface area (Å²) in [5.74, 6) is 0.662. The molecule has 1 aliphatic heterocycles. The largest absolute Gasteiger partial charge is 0.381 e. The Morgan fingerprint density at radius 1 is 1.35 bits per heavy atom. The van der Waals surface area contributed by atoms with Gasteiger partial charge in [-0.05, 0) is 44.7 Å². The van der Waals surface area contributed by atoms with E-state index in [9.17, 15) is 0 Å². The average molecular weight is 233 g/mol. The molecule has 1 fully saturated rings. The number of ether oxygens (including phenoxy) is 1. The average Bonchev–Trinajstić information content (AvgIpc) is 2.39. The number of likely N-dealkylation sites (N-methyl/N-ethyl adjacent to an activating group) is 1. The Balaban J connectivity index is 1.96. The van der Waals surface area contributed by atoms with Gasteiger partial charge in [-0.25, -0.2) is 0 Å². The monoisotopic (exact) mass is 233 g/mol. The first-order valence-electron chi connectivity index (χ1n) is 6.60. The van der Waals surface area contributed by atoms with Crippen molar-refractivity contribution in [2.24, 2.45) is 5.92 Å². The lowest BCUT2D eigenvalue weighted by molar-refractivity contribution is 0.0405. The topological polar surface area (TPSA) is 21.3 Å². The molecule has 2 nitrogen and oxygen atoms in total. The van der Waals surface area contributed by atoms with Gasteiger partial charge in [0.1, 0.15) is 0 Å². The van der Waals surface area contributed by atoms with Crippen molar-refractivity contribution in [2.45, 2.75) is 32.2 Å². The first-order chi connectivity index (χ1) is 8.29. The molecule has 0 aromatic heterocycles. The first-order valence-corrected chi connectivity index (χ1v) is 6.60. The molecule has 0 saturated carbocycles. The van der Waals surface area contributed by atoms with Crippen LogP contribution in [0, 0.1) is 12.8 Å². The minimum atomic E-state index is 0.540. The lowest BCUT2D eigenvalue weighted by Gasteiger charge is -2.30. The zero-order chi connectivity index (χ0) is 12.1. The highest BCUT2D eigenvalue weighted by Gasteiger charge is 2.22. The van der Waals surface area contributed by atoms with Crippen molar-refractivity contribution in [1.29, 1.82) is 0 Å². The second kappa shape index (κ2) is 6.18. The van der Waals surface area contributed by atoms with Crippen molar-refractivity contribution in [3.63, 3.8) is 0 Å². The maximum absolute atomic E-state index is 5.58. The molecule has 1 heterocycles. The summed E-state index contributed by atoms with van der Waals surface area (Å²) in [5.41, 5.74) is 2.75. The van der Waals surface area contributed by atoms with Gasteiger partial charge < -0.3 is 10.1 Å². The van der Waals surface area contributed by atoms with Crippen molar-refractivity contribution in [1.82, 2.24) is 5.32 Å². The van der Waals surface area contributed by atoms with Gasteiger partial charge in [0.25, 0.3) is 0 Å². The van der Waals surface area contributed by atoms with Gasteiger partial charge in [0, 0.05) is 12.6 Å². The Kier molecular flexibility index (Phi) is 4.57. The van der Waals surface area contributed by atoms with Crippen molar-refractivity contribution in [3.05, 3.63) is 35.4 Å². The van der Waals surface area contributed by atoms with Crippen LogP contribution in [0.4, 0.5) is 0 Å². The molecule has 2 rings (SSSR count). The second-order valence-corrected chi connectivity index (χ2v) is 5.06. The van der Waals surface area contributed by atoms with Crippen molar-refractivity contribution in [3.8, 4) is 0 Å². The molecule has 1 aromatic rings. The summed E-state index contributed by atoms with van der Waals surface area (Å²) < 4.78 is 5.58. The molecule has 94 valence electrons. The van der Waals surface area contributed by atoms with E-state index in [0.29, 0.717) is 12.0 Å². The molecule has 1 saturated heterocycles. The van der Waals surface area contributed by atoms with E-state index >= 15 is 0 Å². The number of benzene rings is 1. The van der Waals surface area contributed by atoms with Crippen LogP contribution in [0.5, 0.6) is 0 Å².